The fourth-order valence-electron chi connectivity index (χ4n) is 1.63. The lowest BCUT2D eigenvalue weighted by molar-refractivity contribution is 0.301. The molecule has 0 radical (unpaired) electrons. The minimum Gasteiger partial charge on any atom is -0.303 e. The first-order valence-corrected chi connectivity index (χ1v) is 7.35. The van der Waals surface area contributed by atoms with Gasteiger partial charge in [-0.1, -0.05) is 20.3 Å². The monoisotopic (exact) mass is 255 g/mol. The van der Waals surface area contributed by atoms with Crippen LogP contribution in [0.25, 0.3) is 0 Å². The van der Waals surface area contributed by atoms with Gasteiger partial charge in [0, 0.05) is 17.2 Å². The molecule has 0 aliphatic carbocycles. The lowest BCUT2D eigenvalue weighted by atomic mass is 10.3. The zero-order chi connectivity index (χ0) is 12.5. The van der Waals surface area contributed by atoms with Gasteiger partial charge in [0.15, 0.2) is 0 Å². The largest absolute Gasteiger partial charge is 0.303 e. The van der Waals surface area contributed by atoms with Crippen molar-refractivity contribution in [1.82, 2.24) is 4.90 Å². The van der Waals surface area contributed by atoms with Gasteiger partial charge >= 0.3 is 0 Å². The first-order chi connectivity index (χ1) is 8.26. The Morgan fingerprint density at radius 1 is 1.12 bits per heavy atom. The molecule has 0 aliphatic rings. The Morgan fingerprint density at radius 2 is 1.82 bits per heavy atom. The van der Waals surface area contributed by atoms with Crippen LogP contribution in [0.3, 0.4) is 0 Å². The van der Waals surface area contributed by atoms with Crippen molar-refractivity contribution in [3.05, 3.63) is 30.1 Å². The van der Waals surface area contributed by atoms with E-state index in [1.54, 1.807) is 11.8 Å². The van der Waals surface area contributed by atoms with E-state index in [2.05, 4.69) is 18.7 Å². The highest BCUT2D eigenvalue weighted by atomic mass is 32.2. The van der Waals surface area contributed by atoms with E-state index in [1.807, 2.05) is 12.1 Å². The van der Waals surface area contributed by atoms with E-state index in [0.29, 0.717) is 0 Å². The van der Waals surface area contributed by atoms with Crippen molar-refractivity contribution >= 4 is 11.8 Å². The number of thioether (sulfide) groups is 1. The fourth-order valence-corrected chi connectivity index (χ4v) is 2.55. The zero-order valence-corrected chi connectivity index (χ0v) is 11.6. The van der Waals surface area contributed by atoms with Gasteiger partial charge in [0.25, 0.3) is 0 Å². The maximum atomic E-state index is 12.7. The van der Waals surface area contributed by atoms with Gasteiger partial charge in [-0.05, 0) is 43.8 Å². The molecule has 1 aromatic rings. The summed E-state index contributed by atoms with van der Waals surface area (Å²) in [6.07, 6.45) is 2.52. The van der Waals surface area contributed by atoms with Crippen LogP contribution >= 0.6 is 11.8 Å². The van der Waals surface area contributed by atoms with Gasteiger partial charge in [-0.2, -0.15) is 0 Å². The summed E-state index contributed by atoms with van der Waals surface area (Å²) in [5, 5.41) is 0. The van der Waals surface area contributed by atoms with Crippen LogP contribution in [0.5, 0.6) is 0 Å². The van der Waals surface area contributed by atoms with Gasteiger partial charge in [0.2, 0.25) is 0 Å². The van der Waals surface area contributed by atoms with Crippen LogP contribution in [0.2, 0.25) is 0 Å². The topological polar surface area (TPSA) is 3.24 Å². The molecular formula is C14H22FNS. The molecule has 0 atom stereocenters. The molecule has 17 heavy (non-hydrogen) atoms. The first kappa shape index (κ1) is 14.5. The maximum Gasteiger partial charge on any atom is 0.123 e. The molecule has 3 heteroatoms. The van der Waals surface area contributed by atoms with Gasteiger partial charge in [-0.3, -0.25) is 0 Å². The third-order valence-corrected chi connectivity index (χ3v) is 3.76. The van der Waals surface area contributed by atoms with Crippen molar-refractivity contribution < 1.29 is 4.39 Å². The molecule has 96 valence electrons. The molecule has 1 aromatic carbocycles. The second kappa shape index (κ2) is 8.54. The standard InChI is InChI=1S/C14H22FNS/c1-3-5-10-16(4-2)11-12-17-14-8-6-13(15)7-9-14/h6-9H,3-5,10-12H2,1-2H3. The second-order valence-electron chi connectivity index (χ2n) is 4.09. The first-order valence-electron chi connectivity index (χ1n) is 6.37. The van der Waals surface area contributed by atoms with E-state index in [1.165, 1.54) is 31.5 Å². The molecule has 0 aliphatic heterocycles. The number of hydrogen-bond donors (Lipinski definition) is 0. The molecule has 0 unspecified atom stereocenters. The van der Waals surface area contributed by atoms with Gasteiger partial charge < -0.3 is 4.90 Å². The minimum atomic E-state index is -0.160. The third-order valence-electron chi connectivity index (χ3n) is 2.76. The molecule has 1 rings (SSSR count). The van der Waals surface area contributed by atoms with Crippen LogP contribution in [0.1, 0.15) is 26.7 Å². The van der Waals surface area contributed by atoms with Gasteiger partial charge in [0.05, 0.1) is 0 Å². The molecule has 0 N–H and O–H groups in total. The van der Waals surface area contributed by atoms with Crippen molar-refractivity contribution in [3.63, 3.8) is 0 Å². The van der Waals surface area contributed by atoms with E-state index in [4.69, 9.17) is 0 Å². The van der Waals surface area contributed by atoms with Crippen LogP contribution < -0.4 is 0 Å². The van der Waals surface area contributed by atoms with Crippen molar-refractivity contribution in [2.75, 3.05) is 25.4 Å². The molecule has 0 saturated carbocycles. The molecule has 0 heterocycles. The molecule has 1 nitrogen and oxygen atoms in total. The van der Waals surface area contributed by atoms with E-state index < -0.39 is 0 Å². The Kier molecular flexibility index (Phi) is 7.29. The summed E-state index contributed by atoms with van der Waals surface area (Å²) in [5.41, 5.74) is 0. The molecule has 0 bridgehead atoms. The Morgan fingerprint density at radius 3 is 2.41 bits per heavy atom. The molecule has 0 spiro atoms. The molecule has 0 fully saturated rings. The average molecular weight is 255 g/mol. The summed E-state index contributed by atoms with van der Waals surface area (Å²) < 4.78 is 12.7. The summed E-state index contributed by atoms with van der Waals surface area (Å²) >= 11 is 1.80. The average Bonchev–Trinajstić information content (AvgIpc) is 2.36. The highest BCUT2D eigenvalue weighted by Gasteiger charge is 2.02. The lowest BCUT2D eigenvalue weighted by Crippen LogP contribution is -2.26. The predicted octanol–water partition coefficient (Wildman–Crippen LogP) is 4.04. The Balaban J connectivity index is 2.23. The van der Waals surface area contributed by atoms with Crippen LogP contribution in [0.4, 0.5) is 4.39 Å². The summed E-state index contributed by atoms with van der Waals surface area (Å²) in [5.74, 6) is 0.913. The highest BCUT2D eigenvalue weighted by molar-refractivity contribution is 7.99. The minimum absolute atomic E-state index is 0.160. The summed E-state index contributed by atoms with van der Waals surface area (Å²) in [4.78, 5) is 3.62. The molecule has 0 aromatic heterocycles. The molecule has 0 amide bonds. The summed E-state index contributed by atoms with van der Waals surface area (Å²) in [6, 6.07) is 6.75. The number of benzene rings is 1. The second-order valence-corrected chi connectivity index (χ2v) is 5.26. The highest BCUT2D eigenvalue weighted by Crippen LogP contribution is 2.18. The normalized spacial score (nSPS) is 11.1. The van der Waals surface area contributed by atoms with Crippen molar-refractivity contribution in [2.45, 2.75) is 31.6 Å². The van der Waals surface area contributed by atoms with Gasteiger partial charge in [-0.15, -0.1) is 11.8 Å². The predicted molar refractivity (Wildman–Crippen MR) is 74.1 cm³/mol. The van der Waals surface area contributed by atoms with Gasteiger partial charge in [0.1, 0.15) is 5.82 Å². The quantitative estimate of drug-likeness (QED) is 0.645. The van der Waals surface area contributed by atoms with Crippen LogP contribution in [-0.4, -0.2) is 30.3 Å². The number of halogens is 1. The third kappa shape index (κ3) is 6.08. The van der Waals surface area contributed by atoms with E-state index in [0.717, 1.165) is 23.7 Å². The van der Waals surface area contributed by atoms with Crippen molar-refractivity contribution in [2.24, 2.45) is 0 Å². The lowest BCUT2D eigenvalue weighted by Gasteiger charge is -2.19. The number of rotatable bonds is 8. The Labute approximate surface area is 108 Å². The van der Waals surface area contributed by atoms with E-state index in [9.17, 15) is 4.39 Å². The Bertz CT molecular complexity index is 300. The number of nitrogens with zero attached hydrogens (tertiary/aromatic N) is 1. The smallest absolute Gasteiger partial charge is 0.123 e. The summed E-state index contributed by atoms with van der Waals surface area (Å²) in [6.45, 7) is 7.85. The van der Waals surface area contributed by atoms with Crippen LogP contribution in [0, 0.1) is 5.82 Å². The number of hydrogen-bond acceptors (Lipinski definition) is 2. The fraction of sp³-hybridized carbons (Fsp3) is 0.571. The molecule has 0 saturated heterocycles. The zero-order valence-electron chi connectivity index (χ0n) is 10.8. The Hall–Kier alpha value is -0.540. The van der Waals surface area contributed by atoms with Crippen LogP contribution in [0.15, 0.2) is 29.2 Å². The van der Waals surface area contributed by atoms with Crippen molar-refractivity contribution in [1.29, 1.82) is 0 Å². The van der Waals surface area contributed by atoms with E-state index >= 15 is 0 Å². The summed E-state index contributed by atoms with van der Waals surface area (Å²) in [7, 11) is 0. The number of unbranched alkanes of at least 4 members (excludes halogenated alkanes) is 1. The van der Waals surface area contributed by atoms with Gasteiger partial charge in [-0.25, -0.2) is 4.39 Å². The van der Waals surface area contributed by atoms with E-state index in [-0.39, 0.29) is 5.82 Å². The molecular weight excluding hydrogens is 233 g/mol. The SMILES string of the molecule is CCCCN(CC)CCSc1ccc(F)cc1. The van der Waals surface area contributed by atoms with Crippen molar-refractivity contribution in [3.8, 4) is 0 Å². The van der Waals surface area contributed by atoms with Crippen LogP contribution in [-0.2, 0) is 0 Å². The maximum absolute atomic E-state index is 12.7.